The molecule has 0 bridgehead atoms. The van der Waals surface area contributed by atoms with Crippen molar-refractivity contribution in [1.29, 1.82) is 0 Å². The van der Waals surface area contributed by atoms with E-state index in [0.717, 1.165) is 36.3 Å². The molecule has 0 fully saturated rings. The van der Waals surface area contributed by atoms with Crippen molar-refractivity contribution in [3.63, 3.8) is 0 Å². The number of carbonyl (C=O) groups is 1. The Bertz CT molecular complexity index is 959. The molecule has 0 spiro atoms. The molecule has 1 aliphatic carbocycles. The molecule has 5 nitrogen and oxygen atoms in total. The number of Topliss-reactive ketones (excluding diaryl/α,β-unsaturated/α-hetero) is 1. The van der Waals surface area contributed by atoms with Crippen LogP contribution in [-0.2, 0) is 13.1 Å². The first-order valence-corrected chi connectivity index (χ1v) is 8.87. The van der Waals surface area contributed by atoms with Crippen molar-refractivity contribution in [3.05, 3.63) is 53.7 Å². The van der Waals surface area contributed by atoms with Crippen LogP contribution in [0.15, 0.2) is 36.7 Å². The van der Waals surface area contributed by atoms with Crippen molar-refractivity contribution in [2.24, 2.45) is 5.92 Å². The molecule has 2 atom stereocenters. The van der Waals surface area contributed by atoms with Gasteiger partial charge in [0.25, 0.3) is 0 Å². The third kappa shape index (κ3) is 2.58. The highest BCUT2D eigenvalue weighted by molar-refractivity contribution is 6.11. The summed E-state index contributed by atoms with van der Waals surface area (Å²) in [7, 11) is 0. The number of benzene rings is 1. The zero-order valence-corrected chi connectivity index (χ0v) is 15.6. The van der Waals surface area contributed by atoms with Gasteiger partial charge in [-0.1, -0.05) is 18.2 Å². The monoisotopic (exact) mass is 373 g/mol. The number of aryl methyl sites for hydroxylation is 2. The Morgan fingerprint density at radius 3 is 2.85 bits per heavy atom. The second-order valence-corrected chi connectivity index (χ2v) is 7.19. The summed E-state index contributed by atoms with van der Waals surface area (Å²) >= 11 is 0. The molecule has 0 amide bonds. The van der Waals surface area contributed by atoms with E-state index in [1.54, 1.807) is 0 Å². The highest BCUT2D eigenvalue weighted by Gasteiger charge is 2.39. The van der Waals surface area contributed by atoms with E-state index in [2.05, 4.69) is 38.4 Å². The summed E-state index contributed by atoms with van der Waals surface area (Å²) in [6.45, 7) is 3.80. The van der Waals surface area contributed by atoms with Crippen LogP contribution in [-0.4, -0.2) is 25.4 Å². The number of fused-ring (bicyclic) bond motifs is 3. The molecule has 2 aliphatic rings. The lowest BCUT2D eigenvalue weighted by Crippen LogP contribution is -2.31. The molecule has 1 aromatic carbocycles. The predicted octanol–water partition coefficient (Wildman–Crippen LogP) is 3.52. The lowest BCUT2D eigenvalue weighted by Gasteiger charge is -2.33. The van der Waals surface area contributed by atoms with Gasteiger partial charge < -0.3 is 14.6 Å². The van der Waals surface area contributed by atoms with Gasteiger partial charge >= 0.3 is 0 Å². The van der Waals surface area contributed by atoms with E-state index >= 15 is 0 Å². The fourth-order valence-corrected chi connectivity index (χ4v) is 4.76. The number of para-hydroxylation sites is 1. The maximum atomic E-state index is 13.3. The summed E-state index contributed by atoms with van der Waals surface area (Å²) in [4.78, 5) is 17.6. The highest BCUT2D eigenvalue weighted by atomic mass is 35.5. The van der Waals surface area contributed by atoms with Crippen molar-refractivity contribution in [2.45, 2.75) is 45.2 Å². The number of ketones is 1. The third-order valence-electron chi connectivity index (χ3n) is 5.86. The Morgan fingerprint density at radius 2 is 2.08 bits per heavy atom. The molecular formula is C20H24ClN3O2. The Morgan fingerprint density at radius 1 is 1.27 bits per heavy atom. The highest BCUT2D eigenvalue weighted by Crippen LogP contribution is 2.45. The largest absolute Gasteiger partial charge is 0.412 e. The van der Waals surface area contributed by atoms with E-state index in [9.17, 15) is 4.79 Å². The van der Waals surface area contributed by atoms with Crippen LogP contribution in [0.4, 0.5) is 0 Å². The minimum atomic E-state index is 0. The van der Waals surface area contributed by atoms with Crippen LogP contribution in [0.2, 0.25) is 0 Å². The van der Waals surface area contributed by atoms with Gasteiger partial charge in [-0.2, -0.15) is 0 Å². The predicted molar refractivity (Wildman–Crippen MR) is 104 cm³/mol. The van der Waals surface area contributed by atoms with Gasteiger partial charge in [-0.05, 0) is 32.3 Å². The fraction of sp³-hybridized carbons (Fsp3) is 0.400. The summed E-state index contributed by atoms with van der Waals surface area (Å²) in [5, 5.41) is 1.15. The molecule has 3 heterocycles. The normalized spacial score (nSPS) is 21.0. The lowest BCUT2D eigenvalue weighted by molar-refractivity contribution is 0.0870. The average molecular weight is 374 g/mol. The topological polar surface area (TPSA) is 71.3 Å². The molecule has 0 unspecified atom stereocenters. The van der Waals surface area contributed by atoms with Gasteiger partial charge in [-0.15, -0.1) is 12.4 Å². The summed E-state index contributed by atoms with van der Waals surface area (Å²) in [5.74, 6) is 1.89. The van der Waals surface area contributed by atoms with Gasteiger partial charge in [-0.25, -0.2) is 4.98 Å². The summed E-state index contributed by atoms with van der Waals surface area (Å²) in [6.07, 6.45) is 7.19. The van der Waals surface area contributed by atoms with Gasteiger partial charge in [0.2, 0.25) is 0 Å². The van der Waals surface area contributed by atoms with Crippen molar-refractivity contribution in [2.75, 3.05) is 0 Å². The number of rotatable bonds is 2. The van der Waals surface area contributed by atoms with E-state index < -0.39 is 0 Å². The van der Waals surface area contributed by atoms with E-state index in [4.69, 9.17) is 0 Å². The first kappa shape index (κ1) is 18.7. The quantitative estimate of drug-likeness (QED) is 0.689. The molecule has 5 rings (SSSR count). The third-order valence-corrected chi connectivity index (χ3v) is 5.86. The van der Waals surface area contributed by atoms with Gasteiger partial charge in [0.1, 0.15) is 5.82 Å². The zero-order valence-electron chi connectivity index (χ0n) is 14.8. The molecule has 0 saturated heterocycles. The van der Waals surface area contributed by atoms with Crippen molar-refractivity contribution < 1.29 is 10.3 Å². The van der Waals surface area contributed by atoms with Crippen LogP contribution in [0.3, 0.4) is 0 Å². The van der Waals surface area contributed by atoms with E-state index in [0.29, 0.717) is 11.7 Å². The number of aromatic nitrogens is 3. The van der Waals surface area contributed by atoms with Crippen molar-refractivity contribution >= 4 is 29.1 Å². The van der Waals surface area contributed by atoms with Crippen molar-refractivity contribution in [1.82, 2.24) is 14.1 Å². The SMILES string of the molecule is Cc1nccn1C[C@H]1C[C@H]2CCCn3c2c(c2ccccc23)C1=O.Cl.O. The zero-order chi connectivity index (χ0) is 16.3. The van der Waals surface area contributed by atoms with Crippen LogP contribution in [0.25, 0.3) is 10.9 Å². The molecule has 3 aromatic rings. The van der Waals surface area contributed by atoms with Crippen LogP contribution in [0, 0.1) is 12.8 Å². The maximum Gasteiger partial charge on any atom is 0.170 e. The molecule has 0 radical (unpaired) electrons. The minimum absolute atomic E-state index is 0. The molecule has 2 aromatic heterocycles. The Labute approximate surface area is 158 Å². The molecule has 2 N–H and O–H groups in total. The second kappa shape index (κ2) is 6.89. The summed E-state index contributed by atoms with van der Waals surface area (Å²) in [5.41, 5.74) is 3.55. The number of halogens is 1. The van der Waals surface area contributed by atoms with Gasteiger partial charge in [0.15, 0.2) is 5.78 Å². The summed E-state index contributed by atoms with van der Waals surface area (Å²) in [6, 6.07) is 8.42. The second-order valence-electron chi connectivity index (χ2n) is 7.19. The molecule has 0 saturated carbocycles. The minimum Gasteiger partial charge on any atom is -0.412 e. The molecule has 1 aliphatic heterocycles. The summed E-state index contributed by atoms with van der Waals surface area (Å²) < 4.78 is 4.53. The van der Waals surface area contributed by atoms with E-state index in [-0.39, 0.29) is 23.8 Å². The van der Waals surface area contributed by atoms with Crippen LogP contribution in [0.1, 0.15) is 47.1 Å². The van der Waals surface area contributed by atoms with Crippen LogP contribution < -0.4 is 0 Å². The number of carbonyl (C=O) groups excluding carboxylic acids is 1. The molecule has 6 heteroatoms. The Hall–Kier alpha value is -2.11. The van der Waals surface area contributed by atoms with Crippen LogP contribution >= 0.6 is 12.4 Å². The standard InChI is InChI=1S/C20H21N3O.ClH.H2O/c1-13-21-8-10-22(13)12-15-11-14-5-4-9-23-17-7-3-2-6-16(17)18(19(14)23)20(15)24;;/h2-3,6-8,10,14-15H,4-5,9,11-12H2,1H3;1H;1H2/t14-,15-;;/m1../s1. The van der Waals surface area contributed by atoms with Gasteiger partial charge in [-0.3, -0.25) is 4.79 Å². The number of hydrogen-bond donors (Lipinski definition) is 0. The molecular weight excluding hydrogens is 350 g/mol. The smallest absolute Gasteiger partial charge is 0.170 e. The Balaban J connectivity index is 0.000000980. The van der Waals surface area contributed by atoms with Gasteiger partial charge in [0, 0.05) is 59.5 Å². The van der Waals surface area contributed by atoms with Crippen LogP contribution in [0.5, 0.6) is 0 Å². The number of imidazole rings is 1. The lowest BCUT2D eigenvalue weighted by atomic mass is 9.75. The number of hydrogen-bond acceptors (Lipinski definition) is 2. The molecule has 138 valence electrons. The van der Waals surface area contributed by atoms with E-state index in [1.807, 2.05) is 19.3 Å². The number of nitrogens with zero attached hydrogens (tertiary/aromatic N) is 3. The molecule has 26 heavy (non-hydrogen) atoms. The Kier molecular flexibility index (Phi) is 4.95. The fourth-order valence-electron chi connectivity index (χ4n) is 4.76. The average Bonchev–Trinajstić information content (AvgIpc) is 3.15. The first-order chi connectivity index (χ1) is 11.7. The van der Waals surface area contributed by atoms with Crippen molar-refractivity contribution in [3.8, 4) is 0 Å². The van der Waals surface area contributed by atoms with E-state index in [1.165, 1.54) is 24.1 Å². The first-order valence-electron chi connectivity index (χ1n) is 8.87. The maximum absolute atomic E-state index is 13.3. The van der Waals surface area contributed by atoms with Gasteiger partial charge in [0.05, 0.1) is 0 Å².